The molecule has 6 nitrogen and oxygen atoms in total. The summed E-state index contributed by atoms with van der Waals surface area (Å²) in [4.78, 5) is 23.6. The molecule has 1 N–H and O–H groups in total. The summed E-state index contributed by atoms with van der Waals surface area (Å²) < 4.78 is 0. The minimum Gasteiger partial charge on any atom is -0.479 e. The van der Waals surface area contributed by atoms with E-state index in [9.17, 15) is 20.0 Å². The summed E-state index contributed by atoms with van der Waals surface area (Å²) in [5.74, 6) is -0.882. The molecule has 0 radical (unpaired) electrons. The molecule has 0 saturated carbocycles. The van der Waals surface area contributed by atoms with Gasteiger partial charge in [0.25, 0.3) is 5.69 Å². The first kappa shape index (κ1) is 14.6. The van der Waals surface area contributed by atoms with Gasteiger partial charge in [-0.25, -0.2) is 4.79 Å². The maximum atomic E-state index is 11.6. The van der Waals surface area contributed by atoms with Crippen LogP contribution in [0.4, 0.5) is 11.4 Å². The van der Waals surface area contributed by atoms with E-state index in [1.807, 2.05) is 6.92 Å². The predicted molar refractivity (Wildman–Crippen MR) is 75.3 cm³/mol. The van der Waals surface area contributed by atoms with Crippen molar-refractivity contribution >= 4 is 28.9 Å². The fraction of sp³-hybridized carbons (Fsp3) is 0.462. The molecule has 1 unspecified atom stereocenters. The molecule has 0 aliphatic carbocycles. The lowest BCUT2D eigenvalue weighted by atomic mass is 9.92. The van der Waals surface area contributed by atoms with E-state index in [4.69, 9.17) is 11.6 Å². The van der Waals surface area contributed by atoms with E-state index in [1.54, 1.807) is 4.90 Å². The van der Waals surface area contributed by atoms with Crippen molar-refractivity contribution in [3.05, 3.63) is 33.3 Å². The average Bonchev–Trinajstić information content (AvgIpc) is 2.83. The number of halogens is 1. The number of carbonyl (C=O) groups is 1. The third kappa shape index (κ3) is 2.20. The quantitative estimate of drug-likeness (QED) is 0.682. The Morgan fingerprint density at radius 3 is 2.80 bits per heavy atom. The first-order chi connectivity index (χ1) is 9.42. The van der Waals surface area contributed by atoms with Crippen LogP contribution in [0.1, 0.15) is 26.2 Å². The van der Waals surface area contributed by atoms with E-state index in [2.05, 4.69) is 0 Å². The van der Waals surface area contributed by atoms with Crippen LogP contribution in [0.5, 0.6) is 0 Å². The van der Waals surface area contributed by atoms with Gasteiger partial charge < -0.3 is 10.0 Å². The fourth-order valence-corrected chi connectivity index (χ4v) is 3.08. The number of nitro benzene ring substituents is 1. The van der Waals surface area contributed by atoms with Crippen molar-refractivity contribution in [2.24, 2.45) is 0 Å². The van der Waals surface area contributed by atoms with E-state index in [0.717, 1.165) is 6.42 Å². The van der Waals surface area contributed by atoms with Crippen LogP contribution in [0.3, 0.4) is 0 Å². The maximum absolute atomic E-state index is 11.6. The Hall–Kier alpha value is -1.82. The average molecular weight is 299 g/mol. The monoisotopic (exact) mass is 298 g/mol. The smallest absolute Gasteiger partial charge is 0.329 e. The normalized spacial score (nSPS) is 22.0. The van der Waals surface area contributed by atoms with Crippen LogP contribution < -0.4 is 4.90 Å². The van der Waals surface area contributed by atoms with E-state index in [1.165, 1.54) is 18.2 Å². The highest BCUT2D eigenvalue weighted by molar-refractivity contribution is 6.33. The van der Waals surface area contributed by atoms with Gasteiger partial charge in [0.15, 0.2) is 0 Å². The third-order valence-corrected chi connectivity index (χ3v) is 4.21. The number of benzene rings is 1. The number of nitrogens with zero attached hydrogens (tertiary/aromatic N) is 2. The molecule has 1 aromatic carbocycles. The van der Waals surface area contributed by atoms with Crippen molar-refractivity contribution in [2.75, 3.05) is 11.4 Å². The van der Waals surface area contributed by atoms with Gasteiger partial charge in [-0.05, 0) is 25.3 Å². The number of anilines is 1. The number of hydrogen-bond donors (Lipinski definition) is 1. The van der Waals surface area contributed by atoms with Gasteiger partial charge in [-0.2, -0.15) is 0 Å². The Labute approximate surface area is 121 Å². The Morgan fingerprint density at radius 2 is 2.30 bits per heavy atom. The van der Waals surface area contributed by atoms with Gasteiger partial charge in [-0.1, -0.05) is 18.5 Å². The molecule has 0 bridgehead atoms. The zero-order valence-electron chi connectivity index (χ0n) is 11.0. The molecule has 0 spiro atoms. The summed E-state index contributed by atoms with van der Waals surface area (Å²) in [6.07, 6.45) is 1.76. The van der Waals surface area contributed by atoms with Gasteiger partial charge in [0, 0.05) is 18.7 Å². The maximum Gasteiger partial charge on any atom is 0.329 e. The number of nitro groups is 1. The van der Waals surface area contributed by atoms with Crippen molar-refractivity contribution in [1.82, 2.24) is 0 Å². The standard InChI is InChI=1S/C13H15ClN2O4/c1-2-13(12(17)18)6-3-7-15(13)11-5-4-9(16(19)20)8-10(11)14/h4-5,8H,2-3,6-7H2,1H3,(H,17,18). The van der Waals surface area contributed by atoms with Crippen molar-refractivity contribution in [1.29, 1.82) is 0 Å². The molecule has 1 heterocycles. The highest BCUT2D eigenvalue weighted by Crippen LogP contribution is 2.41. The lowest BCUT2D eigenvalue weighted by Crippen LogP contribution is -2.50. The van der Waals surface area contributed by atoms with E-state index in [-0.39, 0.29) is 10.7 Å². The molecule has 20 heavy (non-hydrogen) atoms. The van der Waals surface area contributed by atoms with Gasteiger partial charge in [0.05, 0.1) is 15.6 Å². The third-order valence-electron chi connectivity index (χ3n) is 3.90. The van der Waals surface area contributed by atoms with Gasteiger partial charge in [0.1, 0.15) is 5.54 Å². The van der Waals surface area contributed by atoms with Crippen LogP contribution in [-0.4, -0.2) is 28.1 Å². The lowest BCUT2D eigenvalue weighted by molar-refractivity contribution is -0.384. The summed E-state index contributed by atoms with van der Waals surface area (Å²) in [6.45, 7) is 2.41. The van der Waals surface area contributed by atoms with E-state index < -0.39 is 16.4 Å². The Kier molecular flexibility index (Phi) is 3.85. The van der Waals surface area contributed by atoms with Gasteiger partial charge in [-0.3, -0.25) is 10.1 Å². The first-order valence-electron chi connectivity index (χ1n) is 6.37. The van der Waals surface area contributed by atoms with Crippen LogP contribution in [0.25, 0.3) is 0 Å². The molecule has 1 atom stereocenters. The minimum absolute atomic E-state index is 0.102. The Morgan fingerprint density at radius 1 is 1.60 bits per heavy atom. The molecule has 0 aromatic heterocycles. The van der Waals surface area contributed by atoms with Gasteiger partial charge in [0.2, 0.25) is 0 Å². The predicted octanol–water partition coefficient (Wildman–Crippen LogP) is 3.08. The van der Waals surface area contributed by atoms with E-state index >= 15 is 0 Å². The number of carboxylic acids is 1. The molecular formula is C13H15ClN2O4. The lowest BCUT2D eigenvalue weighted by Gasteiger charge is -2.36. The fourth-order valence-electron chi connectivity index (χ4n) is 2.80. The second-order valence-corrected chi connectivity index (χ2v) is 5.25. The zero-order valence-corrected chi connectivity index (χ0v) is 11.8. The summed E-state index contributed by atoms with van der Waals surface area (Å²) >= 11 is 6.10. The largest absolute Gasteiger partial charge is 0.479 e. The topological polar surface area (TPSA) is 83.7 Å². The number of aliphatic carboxylic acids is 1. The second-order valence-electron chi connectivity index (χ2n) is 4.84. The van der Waals surface area contributed by atoms with Crippen LogP contribution in [0.15, 0.2) is 18.2 Å². The zero-order chi connectivity index (χ0) is 14.9. The van der Waals surface area contributed by atoms with Crippen LogP contribution in [-0.2, 0) is 4.79 Å². The van der Waals surface area contributed by atoms with Crippen molar-refractivity contribution in [3.63, 3.8) is 0 Å². The van der Waals surface area contributed by atoms with Gasteiger partial charge >= 0.3 is 5.97 Å². The molecule has 0 amide bonds. The molecular weight excluding hydrogens is 284 g/mol. The van der Waals surface area contributed by atoms with Crippen LogP contribution in [0.2, 0.25) is 5.02 Å². The number of carboxylic acid groups (broad SMARTS) is 1. The molecule has 1 saturated heterocycles. The Bertz CT molecular complexity index is 563. The van der Waals surface area contributed by atoms with Crippen molar-refractivity contribution < 1.29 is 14.8 Å². The summed E-state index contributed by atoms with van der Waals surface area (Å²) in [5, 5.41) is 20.5. The summed E-state index contributed by atoms with van der Waals surface area (Å²) in [7, 11) is 0. The molecule has 108 valence electrons. The highest BCUT2D eigenvalue weighted by Gasteiger charge is 2.46. The molecule has 1 aliphatic heterocycles. The Balaban J connectivity index is 2.45. The van der Waals surface area contributed by atoms with Crippen molar-refractivity contribution in [3.8, 4) is 0 Å². The van der Waals surface area contributed by atoms with E-state index in [0.29, 0.717) is 25.1 Å². The number of rotatable bonds is 4. The van der Waals surface area contributed by atoms with Crippen LogP contribution in [0, 0.1) is 10.1 Å². The number of non-ortho nitro benzene ring substituents is 1. The summed E-state index contributed by atoms with van der Waals surface area (Å²) in [6, 6.07) is 4.14. The van der Waals surface area contributed by atoms with Crippen LogP contribution >= 0.6 is 11.6 Å². The minimum atomic E-state index is -0.972. The SMILES string of the molecule is CCC1(C(=O)O)CCCN1c1ccc([N+](=O)[O-])cc1Cl. The number of hydrogen-bond acceptors (Lipinski definition) is 4. The second kappa shape index (κ2) is 5.28. The molecule has 7 heteroatoms. The first-order valence-corrected chi connectivity index (χ1v) is 6.75. The summed E-state index contributed by atoms with van der Waals surface area (Å²) in [5.41, 5.74) is -0.533. The molecule has 1 aliphatic rings. The van der Waals surface area contributed by atoms with Gasteiger partial charge in [-0.15, -0.1) is 0 Å². The molecule has 1 aromatic rings. The van der Waals surface area contributed by atoms with Crippen molar-refractivity contribution in [2.45, 2.75) is 31.7 Å². The molecule has 1 fully saturated rings. The highest BCUT2D eigenvalue weighted by atomic mass is 35.5. The molecule has 2 rings (SSSR count).